The second-order valence-corrected chi connectivity index (χ2v) is 7.02. The van der Waals surface area contributed by atoms with Crippen LogP contribution in [0, 0.1) is 0 Å². The summed E-state index contributed by atoms with van der Waals surface area (Å²) in [6.45, 7) is 0.688. The van der Waals surface area contributed by atoms with E-state index in [1.807, 2.05) is 60.7 Å². The van der Waals surface area contributed by atoms with Crippen LogP contribution in [0.2, 0.25) is 0 Å². The number of carbonyl (C=O) groups excluding carboxylic acids is 1. The van der Waals surface area contributed by atoms with Crippen molar-refractivity contribution >= 4 is 11.6 Å². The molecule has 0 atom stereocenters. The molecule has 0 bridgehead atoms. The first kappa shape index (κ1) is 18.1. The maximum atomic E-state index is 12.6. The van der Waals surface area contributed by atoms with Crippen LogP contribution < -0.4 is 9.64 Å². The van der Waals surface area contributed by atoms with Gasteiger partial charge in [0.2, 0.25) is 11.8 Å². The smallest absolute Gasteiger partial charge is 0.264 e. The van der Waals surface area contributed by atoms with Gasteiger partial charge in [-0.3, -0.25) is 4.79 Å². The van der Waals surface area contributed by atoms with Crippen LogP contribution >= 0.6 is 0 Å². The Hall–Kier alpha value is -3.93. The van der Waals surface area contributed by atoms with Crippen LogP contribution in [0.1, 0.15) is 5.56 Å². The van der Waals surface area contributed by atoms with Crippen LogP contribution in [0.5, 0.6) is 5.75 Å². The van der Waals surface area contributed by atoms with E-state index in [-0.39, 0.29) is 12.5 Å². The molecular formula is C24H19N3O3. The van der Waals surface area contributed by atoms with E-state index in [1.165, 1.54) is 5.56 Å². The predicted octanol–water partition coefficient (Wildman–Crippen LogP) is 4.37. The van der Waals surface area contributed by atoms with E-state index in [4.69, 9.17) is 9.15 Å². The van der Waals surface area contributed by atoms with E-state index < -0.39 is 0 Å². The van der Waals surface area contributed by atoms with Gasteiger partial charge in [0.25, 0.3) is 5.91 Å². The van der Waals surface area contributed by atoms with Crippen molar-refractivity contribution in [1.82, 2.24) is 10.2 Å². The lowest BCUT2D eigenvalue weighted by molar-refractivity contribution is -0.120. The Balaban J connectivity index is 1.23. The molecule has 0 fully saturated rings. The molecule has 4 aromatic rings. The maximum Gasteiger partial charge on any atom is 0.264 e. The molecule has 6 nitrogen and oxygen atoms in total. The van der Waals surface area contributed by atoms with Crippen LogP contribution in [0.25, 0.3) is 22.9 Å². The number of fused-ring (bicyclic) bond motifs is 1. The van der Waals surface area contributed by atoms with Crippen LogP contribution in [0.4, 0.5) is 5.69 Å². The van der Waals surface area contributed by atoms with Gasteiger partial charge in [-0.15, -0.1) is 10.2 Å². The number of hydrogen-bond acceptors (Lipinski definition) is 5. The molecule has 0 saturated heterocycles. The second kappa shape index (κ2) is 7.83. The van der Waals surface area contributed by atoms with Gasteiger partial charge in [-0.05, 0) is 54.4 Å². The number of amides is 1. The van der Waals surface area contributed by atoms with E-state index in [1.54, 1.807) is 17.0 Å². The third kappa shape index (κ3) is 3.55. The molecule has 3 aromatic carbocycles. The van der Waals surface area contributed by atoms with Gasteiger partial charge in [0.15, 0.2) is 6.61 Å². The Bertz CT molecular complexity index is 1170. The molecule has 1 amide bonds. The standard InChI is InChI=1S/C24H19N3O3/c28-22(27-15-14-17-6-4-5-9-21(17)27)16-29-20-12-10-19(11-13-20)24-26-25-23(30-24)18-7-2-1-3-8-18/h1-13H,14-16H2. The molecule has 0 radical (unpaired) electrons. The third-order valence-corrected chi connectivity index (χ3v) is 5.10. The Kier molecular flexibility index (Phi) is 4.73. The number of benzene rings is 3. The van der Waals surface area contributed by atoms with E-state index in [0.717, 1.165) is 23.2 Å². The van der Waals surface area contributed by atoms with Crippen molar-refractivity contribution in [3.63, 3.8) is 0 Å². The Morgan fingerprint density at radius 2 is 1.53 bits per heavy atom. The zero-order valence-electron chi connectivity index (χ0n) is 16.2. The number of anilines is 1. The largest absolute Gasteiger partial charge is 0.484 e. The minimum Gasteiger partial charge on any atom is -0.484 e. The number of nitrogens with zero attached hydrogens (tertiary/aromatic N) is 3. The second-order valence-electron chi connectivity index (χ2n) is 7.02. The minimum atomic E-state index is -0.0477. The van der Waals surface area contributed by atoms with E-state index in [9.17, 15) is 4.79 Å². The summed E-state index contributed by atoms with van der Waals surface area (Å²) in [5.74, 6) is 1.48. The van der Waals surface area contributed by atoms with Crippen LogP contribution in [-0.2, 0) is 11.2 Å². The molecule has 2 heterocycles. The highest BCUT2D eigenvalue weighted by Gasteiger charge is 2.24. The zero-order chi connectivity index (χ0) is 20.3. The summed E-state index contributed by atoms with van der Waals surface area (Å²) in [5.41, 5.74) is 3.84. The number of carbonyl (C=O) groups is 1. The van der Waals surface area contributed by atoms with Gasteiger partial charge in [0.05, 0.1) is 0 Å². The first-order chi connectivity index (χ1) is 14.8. The molecule has 148 valence electrons. The summed E-state index contributed by atoms with van der Waals surface area (Å²) in [6, 6.07) is 24.9. The summed E-state index contributed by atoms with van der Waals surface area (Å²) in [7, 11) is 0. The molecular weight excluding hydrogens is 378 g/mol. The lowest BCUT2D eigenvalue weighted by Crippen LogP contribution is -2.33. The van der Waals surface area contributed by atoms with Gasteiger partial charge < -0.3 is 14.1 Å². The van der Waals surface area contributed by atoms with Crippen LogP contribution in [0.3, 0.4) is 0 Å². The molecule has 0 unspecified atom stereocenters. The Labute approximate surface area is 173 Å². The molecule has 0 saturated carbocycles. The molecule has 1 aromatic heterocycles. The summed E-state index contributed by atoms with van der Waals surface area (Å²) >= 11 is 0. The summed E-state index contributed by atoms with van der Waals surface area (Å²) < 4.78 is 11.5. The number of rotatable bonds is 5. The highest BCUT2D eigenvalue weighted by Crippen LogP contribution is 2.28. The lowest BCUT2D eigenvalue weighted by Gasteiger charge is -2.17. The number of para-hydroxylation sites is 1. The summed E-state index contributed by atoms with van der Waals surface area (Å²) in [6.07, 6.45) is 0.881. The number of aromatic nitrogens is 2. The van der Waals surface area contributed by atoms with Gasteiger partial charge in [0, 0.05) is 23.4 Å². The van der Waals surface area contributed by atoms with Gasteiger partial charge in [-0.1, -0.05) is 36.4 Å². The monoisotopic (exact) mass is 397 g/mol. The van der Waals surface area contributed by atoms with Crippen molar-refractivity contribution in [2.75, 3.05) is 18.1 Å². The predicted molar refractivity (Wildman–Crippen MR) is 113 cm³/mol. The fourth-order valence-electron chi connectivity index (χ4n) is 3.55. The van der Waals surface area contributed by atoms with Gasteiger partial charge in [0.1, 0.15) is 5.75 Å². The molecule has 30 heavy (non-hydrogen) atoms. The topological polar surface area (TPSA) is 68.5 Å². The molecule has 5 rings (SSSR count). The fourth-order valence-corrected chi connectivity index (χ4v) is 3.55. The van der Waals surface area contributed by atoms with E-state index in [2.05, 4.69) is 16.3 Å². The summed E-state index contributed by atoms with van der Waals surface area (Å²) in [4.78, 5) is 14.4. The van der Waals surface area contributed by atoms with Gasteiger partial charge >= 0.3 is 0 Å². The average Bonchev–Trinajstić information content (AvgIpc) is 3.46. The molecule has 0 spiro atoms. The van der Waals surface area contributed by atoms with Crippen molar-refractivity contribution < 1.29 is 13.9 Å². The quantitative estimate of drug-likeness (QED) is 0.500. The van der Waals surface area contributed by atoms with Gasteiger partial charge in [-0.25, -0.2) is 0 Å². The molecule has 1 aliphatic heterocycles. The lowest BCUT2D eigenvalue weighted by atomic mass is 10.2. The normalized spacial score (nSPS) is 12.6. The van der Waals surface area contributed by atoms with E-state index in [0.29, 0.717) is 24.1 Å². The van der Waals surface area contributed by atoms with Crippen molar-refractivity contribution in [1.29, 1.82) is 0 Å². The Morgan fingerprint density at radius 3 is 2.30 bits per heavy atom. The third-order valence-electron chi connectivity index (χ3n) is 5.10. The van der Waals surface area contributed by atoms with Crippen molar-refractivity contribution in [2.24, 2.45) is 0 Å². The van der Waals surface area contributed by atoms with E-state index >= 15 is 0 Å². The molecule has 0 aliphatic carbocycles. The summed E-state index contributed by atoms with van der Waals surface area (Å²) in [5, 5.41) is 8.23. The van der Waals surface area contributed by atoms with Crippen molar-refractivity contribution in [3.8, 4) is 28.7 Å². The van der Waals surface area contributed by atoms with Crippen LogP contribution in [-0.4, -0.2) is 29.3 Å². The van der Waals surface area contributed by atoms with Crippen molar-refractivity contribution in [3.05, 3.63) is 84.4 Å². The maximum absolute atomic E-state index is 12.6. The number of hydrogen-bond donors (Lipinski definition) is 0. The first-order valence-corrected chi connectivity index (χ1v) is 9.78. The molecule has 6 heteroatoms. The minimum absolute atomic E-state index is 0.00755. The molecule has 1 aliphatic rings. The van der Waals surface area contributed by atoms with Crippen molar-refractivity contribution in [2.45, 2.75) is 6.42 Å². The molecule has 0 N–H and O–H groups in total. The van der Waals surface area contributed by atoms with Crippen LogP contribution in [0.15, 0.2) is 83.3 Å². The highest BCUT2D eigenvalue weighted by atomic mass is 16.5. The van der Waals surface area contributed by atoms with Gasteiger partial charge in [-0.2, -0.15) is 0 Å². The highest BCUT2D eigenvalue weighted by molar-refractivity contribution is 5.96. The SMILES string of the molecule is O=C(COc1ccc(-c2nnc(-c3ccccc3)o2)cc1)N1CCc2ccccc21. The average molecular weight is 397 g/mol. The zero-order valence-corrected chi connectivity index (χ0v) is 16.2. The number of ether oxygens (including phenoxy) is 1. The Morgan fingerprint density at radius 1 is 0.867 bits per heavy atom. The first-order valence-electron chi connectivity index (χ1n) is 9.78. The fraction of sp³-hybridized carbons (Fsp3) is 0.125.